The number of thioether (sulfide) groups is 1. The average Bonchev–Trinajstić information content (AvgIpc) is 2.28. The molecule has 1 aromatic rings. The molecule has 82 valence electrons. The second kappa shape index (κ2) is 5.78. The highest BCUT2D eigenvalue weighted by atomic mass is 32.2. The average molecular weight is 224 g/mol. The summed E-state index contributed by atoms with van der Waals surface area (Å²) in [6.07, 6.45) is 2.42. The van der Waals surface area contributed by atoms with Gasteiger partial charge in [-0.05, 0) is 30.5 Å². The molecule has 2 N–H and O–H groups in total. The Morgan fingerprint density at radius 1 is 1.40 bits per heavy atom. The van der Waals surface area contributed by atoms with Crippen LogP contribution in [0.3, 0.4) is 0 Å². The van der Waals surface area contributed by atoms with Gasteiger partial charge in [0, 0.05) is 30.6 Å². The molecule has 0 bridgehead atoms. The predicted molar refractivity (Wildman–Crippen MR) is 65.3 cm³/mol. The lowest BCUT2D eigenvalue weighted by molar-refractivity contribution is -0.118. The van der Waals surface area contributed by atoms with E-state index in [1.807, 2.05) is 30.5 Å². The summed E-state index contributed by atoms with van der Waals surface area (Å²) >= 11 is 1.68. The quantitative estimate of drug-likeness (QED) is 0.792. The monoisotopic (exact) mass is 224 g/mol. The molecule has 3 nitrogen and oxygen atoms in total. The Labute approximate surface area is 94.6 Å². The highest BCUT2D eigenvalue weighted by molar-refractivity contribution is 7.98. The zero-order valence-corrected chi connectivity index (χ0v) is 9.88. The summed E-state index contributed by atoms with van der Waals surface area (Å²) in [5.41, 5.74) is 6.25. The van der Waals surface area contributed by atoms with Gasteiger partial charge < -0.3 is 10.6 Å². The SMILES string of the molecule is CSc1ccc(N(C)C(=O)CCN)cc1. The Hall–Kier alpha value is -1.00. The van der Waals surface area contributed by atoms with Crippen molar-refractivity contribution in [2.24, 2.45) is 5.73 Å². The van der Waals surface area contributed by atoms with Gasteiger partial charge in [-0.3, -0.25) is 4.79 Å². The van der Waals surface area contributed by atoms with Gasteiger partial charge in [-0.1, -0.05) is 0 Å². The molecule has 1 amide bonds. The zero-order valence-electron chi connectivity index (χ0n) is 9.06. The maximum atomic E-state index is 11.5. The van der Waals surface area contributed by atoms with Gasteiger partial charge in [-0.2, -0.15) is 0 Å². The Morgan fingerprint density at radius 3 is 2.47 bits per heavy atom. The van der Waals surface area contributed by atoms with Crippen LogP contribution in [-0.4, -0.2) is 25.8 Å². The molecule has 0 aliphatic carbocycles. The van der Waals surface area contributed by atoms with Crippen LogP contribution in [0.25, 0.3) is 0 Å². The van der Waals surface area contributed by atoms with E-state index < -0.39 is 0 Å². The molecule has 0 heterocycles. The summed E-state index contributed by atoms with van der Waals surface area (Å²) in [7, 11) is 1.77. The molecule has 0 saturated carbocycles. The number of carbonyl (C=O) groups excluding carboxylic acids is 1. The number of anilines is 1. The molecule has 1 aromatic carbocycles. The minimum Gasteiger partial charge on any atom is -0.330 e. The molecule has 0 spiro atoms. The molecule has 0 aliphatic rings. The molecular formula is C11H16N2OS. The number of amides is 1. The number of nitrogens with zero attached hydrogens (tertiary/aromatic N) is 1. The van der Waals surface area contributed by atoms with Gasteiger partial charge in [0.1, 0.15) is 0 Å². The van der Waals surface area contributed by atoms with E-state index in [4.69, 9.17) is 5.73 Å². The molecule has 0 aliphatic heterocycles. The largest absolute Gasteiger partial charge is 0.330 e. The standard InChI is InChI=1S/C11H16N2OS/c1-13(11(14)7-8-12)9-3-5-10(15-2)6-4-9/h3-6H,7-8,12H2,1-2H3. The van der Waals surface area contributed by atoms with Gasteiger partial charge in [-0.15, -0.1) is 11.8 Å². The van der Waals surface area contributed by atoms with E-state index in [2.05, 4.69) is 0 Å². The molecule has 15 heavy (non-hydrogen) atoms. The Balaban J connectivity index is 2.73. The van der Waals surface area contributed by atoms with Crippen LogP contribution in [0.5, 0.6) is 0 Å². The van der Waals surface area contributed by atoms with Crippen molar-refractivity contribution in [3.8, 4) is 0 Å². The van der Waals surface area contributed by atoms with Gasteiger partial charge in [0.15, 0.2) is 0 Å². The van der Waals surface area contributed by atoms with Crippen molar-refractivity contribution < 1.29 is 4.79 Å². The topological polar surface area (TPSA) is 46.3 Å². The van der Waals surface area contributed by atoms with Crippen LogP contribution < -0.4 is 10.6 Å². The van der Waals surface area contributed by atoms with Gasteiger partial charge in [0.2, 0.25) is 5.91 Å². The van der Waals surface area contributed by atoms with Crippen molar-refractivity contribution in [2.45, 2.75) is 11.3 Å². The lowest BCUT2D eigenvalue weighted by Crippen LogP contribution is -2.27. The minimum atomic E-state index is 0.0504. The molecule has 0 unspecified atom stereocenters. The smallest absolute Gasteiger partial charge is 0.227 e. The molecule has 0 fully saturated rings. The van der Waals surface area contributed by atoms with Gasteiger partial charge in [-0.25, -0.2) is 0 Å². The van der Waals surface area contributed by atoms with E-state index in [-0.39, 0.29) is 5.91 Å². The summed E-state index contributed by atoms with van der Waals surface area (Å²) in [6, 6.07) is 7.90. The van der Waals surface area contributed by atoms with Crippen molar-refractivity contribution in [1.29, 1.82) is 0 Å². The van der Waals surface area contributed by atoms with Crippen LogP contribution in [0.4, 0.5) is 5.69 Å². The van der Waals surface area contributed by atoms with Crippen LogP contribution in [0.2, 0.25) is 0 Å². The second-order valence-corrected chi connectivity index (χ2v) is 4.07. The Kier molecular flexibility index (Phi) is 4.65. The fraction of sp³-hybridized carbons (Fsp3) is 0.364. The summed E-state index contributed by atoms with van der Waals surface area (Å²) < 4.78 is 0. The van der Waals surface area contributed by atoms with E-state index in [9.17, 15) is 4.79 Å². The number of carbonyl (C=O) groups is 1. The summed E-state index contributed by atoms with van der Waals surface area (Å²) in [6.45, 7) is 0.395. The van der Waals surface area contributed by atoms with Crippen molar-refractivity contribution in [1.82, 2.24) is 0 Å². The van der Waals surface area contributed by atoms with Crippen molar-refractivity contribution in [3.63, 3.8) is 0 Å². The molecule has 1 rings (SSSR count). The van der Waals surface area contributed by atoms with Crippen LogP contribution >= 0.6 is 11.8 Å². The fourth-order valence-electron chi connectivity index (χ4n) is 1.24. The van der Waals surface area contributed by atoms with Crippen molar-refractivity contribution >= 4 is 23.4 Å². The van der Waals surface area contributed by atoms with E-state index in [1.54, 1.807) is 23.7 Å². The third-order valence-electron chi connectivity index (χ3n) is 2.19. The first-order chi connectivity index (χ1) is 7.19. The molecule has 0 saturated heterocycles. The fourth-order valence-corrected chi connectivity index (χ4v) is 1.65. The number of hydrogen-bond acceptors (Lipinski definition) is 3. The highest BCUT2D eigenvalue weighted by Gasteiger charge is 2.08. The van der Waals surface area contributed by atoms with E-state index in [0.29, 0.717) is 13.0 Å². The van der Waals surface area contributed by atoms with E-state index in [0.717, 1.165) is 5.69 Å². The molecule has 0 aromatic heterocycles. The lowest BCUT2D eigenvalue weighted by atomic mass is 10.3. The number of rotatable bonds is 4. The first-order valence-corrected chi connectivity index (χ1v) is 6.02. The summed E-state index contributed by atoms with van der Waals surface area (Å²) in [5.74, 6) is 0.0504. The van der Waals surface area contributed by atoms with E-state index in [1.165, 1.54) is 4.90 Å². The summed E-state index contributed by atoms with van der Waals surface area (Å²) in [5, 5.41) is 0. The maximum absolute atomic E-state index is 11.5. The first-order valence-electron chi connectivity index (χ1n) is 4.79. The highest BCUT2D eigenvalue weighted by Crippen LogP contribution is 2.19. The predicted octanol–water partition coefficient (Wildman–Crippen LogP) is 1.72. The Morgan fingerprint density at radius 2 is 2.00 bits per heavy atom. The zero-order chi connectivity index (χ0) is 11.3. The molecule has 4 heteroatoms. The van der Waals surface area contributed by atoms with Crippen LogP contribution in [0, 0.1) is 0 Å². The number of hydrogen-bond donors (Lipinski definition) is 1. The van der Waals surface area contributed by atoms with Crippen molar-refractivity contribution in [2.75, 3.05) is 24.7 Å². The maximum Gasteiger partial charge on any atom is 0.227 e. The molecule has 0 atom stereocenters. The number of benzene rings is 1. The van der Waals surface area contributed by atoms with Crippen LogP contribution in [0.1, 0.15) is 6.42 Å². The third kappa shape index (κ3) is 3.25. The van der Waals surface area contributed by atoms with Crippen LogP contribution in [-0.2, 0) is 4.79 Å². The first kappa shape index (κ1) is 12.1. The second-order valence-electron chi connectivity index (χ2n) is 3.19. The lowest BCUT2D eigenvalue weighted by Gasteiger charge is -2.17. The number of nitrogens with two attached hydrogens (primary N) is 1. The third-order valence-corrected chi connectivity index (χ3v) is 2.94. The van der Waals surface area contributed by atoms with Gasteiger partial charge in [0.25, 0.3) is 0 Å². The molecular weight excluding hydrogens is 208 g/mol. The van der Waals surface area contributed by atoms with E-state index >= 15 is 0 Å². The van der Waals surface area contributed by atoms with Gasteiger partial charge >= 0.3 is 0 Å². The summed E-state index contributed by atoms with van der Waals surface area (Å²) in [4.78, 5) is 14.4. The van der Waals surface area contributed by atoms with Gasteiger partial charge in [0.05, 0.1) is 0 Å². The van der Waals surface area contributed by atoms with Crippen molar-refractivity contribution in [3.05, 3.63) is 24.3 Å². The Bertz CT molecular complexity index is 324. The molecule has 0 radical (unpaired) electrons. The normalized spacial score (nSPS) is 10.1. The minimum absolute atomic E-state index is 0.0504. The van der Waals surface area contributed by atoms with Crippen LogP contribution in [0.15, 0.2) is 29.2 Å².